The molecule has 9 heteroatoms. The Hall–Kier alpha value is -4.01. The highest BCUT2D eigenvalue weighted by molar-refractivity contribution is 5.80. The molecule has 0 spiro atoms. The molecule has 1 N–H and O–H groups in total. The van der Waals surface area contributed by atoms with Crippen molar-refractivity contribution in [3.63, 3.8) is 0 Å². The Morgan fingerprint density at radius 3 is 3.00 bits per heavy atom. The number of carbonyl (C=O) groups excluding carboxylic acids is 1. The summed E-state index contributed by atoms with van der Waals surface area (Å²) in [5, 5.41) is 3.47. The van der Waals surface area contributed by atoms with E-state index in [1.165, 1.54) is 12.3 Å². The molecule has 5 heterocycles. The summed E-state index contributed by atoms with van der Waals surface area (Å²) in [5.74, 6) is 1.62. The number of aromatic nitrogens is 4. The number of imidazole rings is 1. The number of benzene rings is 1. The van der Waals surface area contributed by atoms with Crippen LogP contribution in [0.15, 0.2) is 61.1 Å². The van der Waals surface area contributed by atoms with E-state index in [0.717, 1.165) is 30.7 Å². The number of nitrogens with one attached hydrogen (secondary N) is 1. The Morgan fingerprint density at radius 1 is 1.14 bits per heavy atom. The quantitative estimate of drug-likeness (QED) is 0.489. The van der Waals surface area contributed by atoms with E-state index < -0.39 is 0 Å². The molecule has 1 saturated heterocycles. The summed E-state index contributed by atoms with van der Waals surface area (Å²) in [6, 6.07) is 12.8. The smallest absolute Gasteiger partial charge is 0.229 e. The van der Waals surface area contributed by atoms with Crippen molar-refractivity contribution in [2.45, 2.75) is 25.3 Å². The lowest BCUT2D eigenvalue weighted by Gasteiger charge is -2.36. The van der Waals surface area contributed by atoms with Gasteiger partial charge >= 0.3 is 0 Å². The highest BCUT2D eigenvalue weighted by Crippen LogP contribution is 2.29. The molecule has 2 aliphatic heterocycles. The molecule has 0 bridgehead atoms. The van der Waals surface area contributed by atoms with Crippen LogP contribution < -0.4 is 10.1 Å². The van der Waals surface area contributed by atoms with Crippen molar-refractivity contribution in [1.29, 1.82) is 0 Å². The lowest BCUT2D eigenvalue weighted by molar-refractivity contribution is -0.138. The molecule has 2 aliphatic rings. The Morgan fingerprint density at radius 2 is 2.06 bits per heavy atom. The number of rotatable bonds is 4. The first-order valence-electron chi connectivity index (χ1n) is 11.9. The van der Waals surface area contributed by atoms with Gasteiger partial charge in [-0.15, -0.1) is 0 Å². The second-order valence-corrected chi connectivity index (χ2v) is 9.07. The average molecular weight is 473 g/mol. The molecule has 3 aromatic heterocycles. The van der Waals surface area contributed by atoms with Crippen LogP contribution in [0.4, 0.5) is 10.2 Å². The van der Waals surface area contributed by atoms with Crippen LogP contribution in [-0.4, -0.2) is 55.9 Å². The fourth-order valence-electron chi connectivity index (χ4n) is 4.93. The largest absolute Gasteiger partial charge is 0.492 e. The number of likely N-dealkylation sites (tertiary alicyclic amines) is 1. The summed E-state index contributed by atoms with van der Waals surface area (Å²) in [5.41, 5.74) is 2.32. The van der Waals surface area contributed by atoms with Gasteiger partial charge in [0.05, 0.1) is 12.1 Å². The molecule has 178 valence electrons. The summed E-state index contributed by atoms with van der Waals surface area (Å²) in [6.07, 6.45) is 7.25. The molecule has 1 amide bonds. The van der Waals surface area contributed by atoms with Crippen LogP contribution >= 0.6 is 0 Å². The number of hydrogen-bond donors (Lipinski definition) is 1. The molecule has 1 unspecified atom stereocenters. The summed E-state index contributed by atoms with van der Waals surface area (Å²) in [4.78, 5) is 28.5. The number of para-hydroxylation sites is 1. The van der Waals surface area contributed by atoms with E-state index in [4.69, 9.17) is 4.74 Å². The van der Waals surface area contributed by atoms with E-state index in [1.807, 2.05) is 29.2 Å². The van der Waals surface area contributed by atoms with E-state index >= 15 is 0 Å². The first-order valence-corrected chi connectivity index (χ1v) is 11.9. The minimum atomic E-state index is -0.357. The first kappa shape index (κ1) is 21.5. The Balaban J connectivity index is 1.15. The predicted molar refractivity (Wildman–Crippen MR) is 129 cm³/mol. The third-order valence-corrected chi connectivity index (χ3v) is 6.67. The van der Waals surface area contributed by atoms with Crippen LogP contribution in [-0.2, 0) is 11.2 Å². The molecule has 1 fully saturated rings. The van der Waals surface area contributed by atoms with E-state index in [0.29, 0.717) is 42.6 Å². The van der Waals surface area contributed by atoms with E-state index in [1.54, 1.807) is 28.9 Å². The molecular weight excluding hydrogens is 447 g/mol. The summed E-state index contributed by atoms with van der Waals surface area (Å²) in [6.45, 7) is 1.77. The van der Waals surface area contributed by atoms with Gasteiger partial charge in [-0.05, 0) is 49.1 Å². The van der Waals surface area contributed by atoms with Crippen molar-refractivity contribution in [1.82, 2.24) is 24.3 Å². The molecule has 8 nitrogen and oxygen atoms in total. The van der Waals surface area contributed by atoms with Gasteiger partial charge in [-0.25, -0.2) is 19.3 Å². The van der Waals surface area contributed by atoms with Crippen molar-refractivity contribution < 1.29 is 13.9 Å². The van der Waals surface area contributed by atoms with Gasteiger partial charge in [0, 0.05) is 31.5 Å². The predicted octanol–water partition coefficient (Wildman–Crippen LogP) is 3.58. The summed E-state index contributed by atoms with van der Waals surface area (Å²) in [7, 11) is 0. The minimum absolute atomic E-state index is 0.0758. The van der Waals surface area contributed by atoms with Gasteiger partial charge < -0.3 is 15.0 Å². The summed E-state index contributed by atoms with van der Waals surface area (Å²) < 4.78 is 21.3. The molecule has 6 rings (SSSR count). The van der Waals surface area contributed by atoms with Crippen molar-refractivity contribution in [2.24, 2.45) is 5.92 Å². The van der Waals surface area contributed by atoms with Crippen LogP contribution in [0, 0.1) is 11.7 Å². The number of nitrogens with zero attached hydrogens (tertiary/aromatic N) is 5. The third kappa shape index (κ3) is 4.29. The van der Waals surface area contributed by atoms with Gasteiger partial charge in [0.15, 0.2) is 5.82 Å². The number of hydrogen-bond acceptors (Lipinski definition) is 6. The van der Waals surface area contributed by atoms with E-state index in [-0.39, 0.29) is 23.7 Å². The highest BCUT2D eigenvalue weighted by Gasteiger charge is 2.32. The normalized spacial score (nSPS) is 19.7. The van der Waals surface area contributed by atoms with Crippen LogP contribution in [0.3, 0.4) is 0 Å². The number of amides is 1. The van der Waals surface area contributed by atoms with Crippen molar-refractivity contribution in [3.8, 4) is 17.3 Å². The van der Waals surface area contributed by atoms with Crippen molar-refractivity contribution >= 4 is 17.4 Å². The maximum Gasteiger partial charge on any atom is 0.229 e. The summed E-state index contributed by atoms with van der Waals surface area (Å²) >= 11 is 0. The van der Waals surface area contributed by atoms with E-state index in [9.17, 15) is 9.18 Å². The van der Waals surface area contributed by atoms with Gasteiger partial charge in [0.25, 0.3) is 0 Å². The first-order chi connectivity index (χ1) is 17.1. The maximum absolute atomic E-state index is 13.8. The number of piperidine rings is 1. The zero-order valence-electron chi connectivity index (χ0n) is 19.1. The topological polar surface area (TPSA) is 84.6 Å². The maximum atomic E-state index is 13.8. The van der Waals surface area contributed by atoms with Crippen LogP contribution in [0.1, 0.15) is 18.4 Å². The van der Waals surface area contributed by atoms with Gasteiger partial charge in [-0.1, -0.05) is 18.2 Å². The number of carbonyl (C=O) groups is 1. The SMILES string of the molecule is O=C(C1COc2ccccc2C1)N1CCC[C@@H](Nc2ccnc(-c3cnc4ccc(F)cn34)n2)C1. The number of anilines is 1. The minimum Gasteiger partial charge on any atom is -0.492 e. The molecule has 35 heavy (non-hydrogen) atoms. The Bertz CT molecular complexity index is 1390. The van der Waals surface area contributed by atoms with Crippen LogP contribution in [0.5, 0.6) is 5.75 Å². The molecule has 1 aromatic carbocycles. The lowest BCUT2D eigenvalue weighted by atomic mass is 9.94. The van der Waals surface area contributed by atoms with Gasteiger partial charge in [0.2, 0.25) is 5.91 Å². The standard InChI is InChI=1S/C26H25FN6O2/c27-19-7-8-24-29-13-21(33(24)14-19)25-28-10-9-23(31-25)30-20-5-3-11-32(15-20)26(34)18-12-17-4-1-2-6-22(17)35-16-18/h1-2,4,6-10,13-14,18,20H,3,5,11-12,15-16H2,(H,28,30,31)/t18?,20-/m1/s1. The molecule has 2 atom stereocenters. The number of ether oxygens (including phenoxy) is 1. The van der Waals surface area contributed by atoms with Gasteiger partial charge in [0.1, 0.15) is 35.3 Å². The molecule has 0 saturated carbocycles. The molecular formula is C26H25FN6O2. The lowest BCUT2D eigenvalue weighted by Crippen LogP contribution is -2.49. The number of pyridine rings is 1. The molecule has 4 aromatic rings. The van der Waals surface area contributed by atoms with Crippen molar-refractivity contribution in [3.05, 3.63) is 72.4 Å². The zero-order chi connectivity index (χ0) is 23.8. The van der Waals surface area contributed by atoms with Gasteiger partial charge in [-0.2, -0.15) is 0 Å². The zero-order valence-corrected chi connectivity index (χ0v) is 19.1. The van der Waals surface area contributed by atoms with Crippen LogP contribution in [0.2, 0.25) is 0 Å². The Labute approximate surface area is 201 Å². The highest BCUT2D eigenvalue weighted by atomic mass is 19.1. The van der Waals surface area contributed by atoms with Crippen LogP contribution in [0.25, 0.3) is 17.2 Å². The Kier molecular flexibility index (Phi) is 5.52. The average Bonchev–Trinajstić information content (AvgIpc) is 3.31. The second-order valence-electron chi connectivity index (χ2n) is 9.07. The molecule has 0 aliphatic carbocycles. The number of fused-ring (bicyclic) bond motifs is 2. The molecule has 0 radical (unpaired) electrons. The second kappa shape index (κ2) is 8.98. The fourth-order valence-corrected chi connectivity index (χ4v) is 4.93. The third-order valence-electron chi connectivity index (χ3n) is 6.67. The van der Waals surface area contributed by atoms with Crippen molar-refractivity contribution in [2.75, 3.05) is 25.0 Å². The van der Waals surface area contributed by atoms with Gasteiger partial charge in [-0.3, -0.25) is 9.20 Å². The number of halogens is 1. The monoisotopic (exact) mass is 472 g/mol. The fraction of sp³-hybridized carbons (Fsp3) is 0.308. The van der Waals surface area contributed by atoms with E-state index in [2.05, 4.69) is 20.3 Å².